The van der Waals surface area contributed by atoms with Crippen LogP contribution < -0.4 is 0 Å². The number of carbonyl (C=O) groups is 1. The second-order valence-corrected chi connectivity index (χ2v) is 4.16. The van der Waals surface area contributed by atoms with Gasteiger partial charge in [0.15, 0.2) is 0 Å². The van der Waals surface area contributed by atoms with Gasteiger partial charge in [0, 0.05) is 20.2 Å². The minimum atomic E-state index is -0.284. The Kier molecular flexibility index (Phi) is 5.83. The number of aromatic hydroxyl groups is 1. The van der Waals surface area contributed by atoms with E-state index in [-0.39, 0.29) is 23.6 Å². The molecule has 0 saturated carbocycles. The van der Waals surface area contributed by atoms with Crippen LogP contribution in [-0.2, 0) is 4.74 Å². The molecule has 0 saturated heterocycles. The molecular formula is C14H18N2O3. The summed E-state index contributed by atoms with van der Waals surface area (Å²) in [6.45, 7) is 2.85. The Morgan fingerprint density at radius 1 is 1.47 bits per heavy atom. The third-order valence-corrected chi connectivity index (χ3v) is 2.81. The van der Waals surface area contributed by atoms with Gasteiger partial charge in [0.05, 0.1) is 24.7 Å². The highest BCUT2D eigenvalue weighted by Gasteiger charge is 2.19. The molecule has 0 aliphatic carbocycles. The molecule has 102 valence electrons. The zero-order valence-electron chi connectivity index (χ0n) is 11.2. The van der Waals surface area contributed by atoms with E-state index in [2.05, 4.69) is 0 Å². The minimum Gasteiger partial charge on any atom is -0.507 e. The maximum atomic E-state index is 12.3. The fourth-order valence-corrected chi connectivity index (χ4v) is 1.70. The van der Waals surface area contributed by atoms with Crippen molar-refractivity contribution in [1.29, 1.82) is 5.26 Å². The smallest absolute Gasteiger partial charge is 0.257 e. The van der Waals surface area contributed by atoms with Crippen molar-refractivity contribution in [2.75, 3.05) is 26.8 Å². The molecule has 0 aliphatic rings. The molecule has 19 heavy (non-hydrogen) atoms. The molecule has 0 spiro atoms. The standard InChI is InChI=1S/C14H18N2O3/c1-11-5-3-6-12(13(11)17)14(18)16(8-4-7-15)9-10-19-2/h3,5-6,17H,4,8-10H2,1-2H3. The summed E-state index contributed by atoms with van der Waals surface area (Å²) in [5, 5.41) is 18.5. The van der Waals surface area contributed by atoms with Crippen molar-refractivity contribution >= 4 is 5.91 Å². The highest BCUT2D eigenvalue weighted by Crippen LogP contribution is 2.22. The number of methoxy groups -OCH3 is 1. The van der Waals surface area contributed by atoms with E-state index in [1.54, 1.807) is 32.2 Å². The zero-order chi connectivity index (χ0) is 14.3. The number of hydrogen-bond donors (Lipinski definition) is 1. The Morgan fingerprint density at radius 3 is 2.84 bits per heavy atom. The van der Waals surface area contributed by atoms with Gasteiger partial charge in [-0.2, -0.15) is 5.26 Å². The zero-order valence-corrected chi connectivity index (χ0v) is 11.2. The van der Waals surface area contributed by atoms with Crippen LogP contribution in [0.15, 0.2) is 18.2 Å². The first-order valence-corrected chi connectivity index (χ1v) is 6.05. The van der Waals surface area contributed by atoms with Crippen LogP contribution in [0.4, 0.5) is 0 Å². The summed E-state index contributed by atoms with van der Waals surface area (Å²) in [4.78, 5) is 13.8. The maximum Gasteiger partial charge on any atom is 0.257 e. The van der Waals surface area contributed by atoms with Crippen LogP contribution in [0.25, 0.3) is 0 Å². The Balaban J connectivity index is 2.91. The van der Waals surface area contributed by atoms with E-state index in [0.717, 1.165) is 0 Å². The molecule has 1 rings (SSSR count). The van der Waals surface area contributed by atoms with Gasteiger partial charge >= 0.3 is 0 Å². The van der Waals surface area contributed by atoms with Gasteiger partial charge in [0.2, 0.25) is 0 Å². The van der Waals surface area contributed by atoms with Crippen LogP contribution >= 0.6 is 0 Å². The molecule has 0 aromatic heterocycles. The second-order valence-electron chi connectivity index (χ2n) is 4.16. The average Bonchev–Trinajstić information content (AvgIpc) is 2.41. The van der Waals surface area contributed by atoms with Crippen molar-refractivity contribution < 1.29 is 14.6 Å². The fourth-order valence-electron chi connectivity index (χ4n) is 1.70. The molecule has 0 unspecified atom stereocenters. The predicted octanol–water partition coefficient (Wildman–Crippen LogP) is 1.70. The molecule has 0 fully saturated rings. The molecule has 5 heteroatoms. The second kappa shape index (κ2) is 7.39. The average molecular weight is 262 g/mol. The van der Waals surface area contributed by atoms with Crippen LogP contribution in [0.5, 0.6) is 5.75 Å². The highest BCUT2D eigenvalue weighted by atomic mass is 16.5. The number of para-hydroxylation sites is 1. The van der Waals surface area contributed by atoms with Gasteiger partial charge in [-0.3, -0.25) is 4.79 Å². The topological polar surface area (TPSA) is 73.6 Å². The molecule has 0 heterocycles. The summed E-state index contributed by atoms with van der Waals surface area (Å²) < 4.78 is 4.95. The SMILES string of the molecule is COCCN(CCC#N)C(=O)c1cccc(C)c1O. The summed E-state index contributed by atoms with van der Waals surface area (Å²) in [5.41, 5.74) is 0.909. The normalized spacial score (nSPS) is 9.95. The molecule has 1 N–H and O–H groups in total. The number of rotatable bonds is 6. The molecule has 1 amide bonds. The van der Waals surface area contributed by atoms with Crippen LogP contribution in [0.3, 0.4) is 0 Å². The van der Waals surface area contributed by atoms with Crippen LogP contribution in [-0.4, -0.2) is 42.7 Å². The van der Waals surface area contributed by atoms with Gasteiger partial charge in [-0.15, -0.1) is 0 Å². The van der Waals surface area contributed by atoms with Crippen molar-refractivity contribution in [3.8, 4) is 11.8 Å². The van der Waals surface area contributed by atoms with E-state index in [1.165, 1.54) is 4.90 Å². The predicted molar refractivity (Wildman–Crippen MR) is 70.9 cm³/mol. The molecule has 0 aliphatic heterocycles. The molecule has 1 aromatic rings. The number of ether oxygens (including phenoxy) is 1. The lowest BCUT2D eigenvalue weighted by Crippen LogP contribution is -2.34. The van der Waals surface area contributed by atoms with Crippen molar-refractivity contribution in [2.24, 2.45) is 0 Å². The molecule has 5 nitrogen and oxygen atoms in total. The Hall–Kier alpha value is -2.06. The number of aryl methyl sites for hydroxylation is 1. The number of benzene rings is 1. The van der Waals surface area contributed by atoms with Crippen LogP contribution in [0.2, 0.25) is 0 Å². The van der Waals surface area contributed by atoms with E-state index >= 15 is 0 Å². The summed E-state index contributed by atoms with van der Waals surface area (Å²) in [6.07, 6.45) is 0.252. The van der Waals surface area contributed by atoms with Gasteiger partial charge in [0.25, 0.3) is 5.91 Å². The molecule has 0 bridgehead atoms. The number of amides is 1. The first-order chi connectivity index (χ1) is 9.11. The van der Waals surface area contributed by atoms with Crippen molar-refractivity contribution in [1.82, 2.24) is 4.90 Å². The number of nitrogens with zero attached hydrogens (tertiary/aromatic N) is 2. The number of hydrogen-bond acceptors (Lipinski definition) is 4. The van der Waals surface area contributed by atoms with E-state index < -0.39 is 0 Å². The van der Waals surface area contributed by atoms with Gasteiger partial charge in [0.1, 0.15) is 5.75 Å². The third-order valence-electron chi connectivity index (χ3n) is 2.81. The van der Waals surface area contributed by atoms with Gasteiger partial charge in [-0.25, -0.2) is 0 Å². The van der Waals surface area contributed by atoms with Crippen molar-refractivity contribution in [3.63, 3.8) is 0 Å². The van der Waals surface area contributed by atoms with E-state index in [0.29, 0.717) is 25.3 Å². The number of phenols is 1. The molecule has 0 atom stereocenters. The monoisotopic (exact) mass is 262 g/mol. The molecule has 1 aromatic carbocycles. The summed E-state index contributed by atoms with van der Waals surface area (Å²) >= 11 is 0. The third kappa shape index (κ3) is 3.97. The lowest BCUT2D eigenvalue weighted by molar-refractivity contribution is 0.0697. The van der Waals surface area contributed by atoms with E-state index in [4.69, 9.17) is 10.00 Å². The largest absolute Gasteiger partial charge is 0.507 e. The summed E-state index contributed by atoms with van der Waals surface area (Å²) in [6, 6.07) is 7.05. The van der Waals surface area contributed by atoms with Gasteiger partial charge < -0.3 is 14.7 Å². The van der Waals surface area contributed by atoms with Gasteiger partial charge in [-0.05, 0) is 18.6 Å². The molecular weight excluding hydrogens is 244 g/mol. The quantitative estimate of drug-likeness (QED) is 0.846. The summed E-state index contributed by atoms with van der Waals surface area (Å²) in [7, 11) is 1.55. The summed E-state index contributed by atoms with van der Waals surface area (Å²) in [5.74, 6) is -0.291. The minimum absolute atomic E-state index is 0.00752. The first kappa shape index (κ1) is 15.0. The number of nitriles is 1. The van der Waals surface area contributed by atoms with Crippen LogP contribution in [0, 0.1) is 18.3 Å². The Bertz CT molecular complexity index is 480. The maximum absolute atomic E-state index is 12.3. The van der Waals surface area contributed by atoms with Crippen LogP contribution in [0.1, 0.15) is 22.3 Å². The fraction of sp³-hybridized carbons (Fsp3) is 0.429. The van der Waals surface area contributed by atoms with E-state index in [1.807, 2.05) is 6.07 Å². The number of carbonyl (C=O) groups excluding carboxylic acids is 1. The number of phenolic OH excluding ortho intramolecular Hbond substituents is 1. The van der Waals surface area contributed by atoms with E-state index in [9.17, 15) is 9.90 Å². The van der Waals surface area contributed by atoms with Crippen molar-refractivity contribution in [3.05, 3.63) is 29.3 Å². The first-order valence-electron chi connectivity index (χ1n) is 6.05. The Morgan fingerprint density at radius 2 is 2.21 bits per heavy atom. The molecule has 0 radical (unpaired) electrons. The highest BCUT2D eigenvalue weighted by molar-refractivity contribution is 5.97. The Labute approximate surface area is 113 Å². The van der Waals surface area contributed by atoms with Crippen molar-refractivity contribution in [2.45, 2.75) is 13.3 Å². The lowest BCUT2D eigenvalue weighted by Gasteiger charge is -2.22. The van der Waals surface area contributed by atoms with Gasteiger partial charge in [-0.1, -0.05) is 12.1 Å². The lowest BCUT2D eigenvalue weighted by atomic mass is 10.1.